The molecule has 0 aliphatic rings. The maximum atomic E-state index is 12.9. The van der Waals surface area contributed by atoms with Gasteiger partial charge in [-0.1, -0.05) is 6.07 Å². The fraction of sp³-hybridized carbons (Fsp3) is 0. The van der Waals surface area contributed by atoms with Crippen LogP contribution in [0.15, 0.2) is 60.2 Å². The van der Waals surface area contributed by atoms with Crippen molar-refractivity contribution in [2.24, 2.45) is 0 Å². The molecule has 7 heteroatoms. The standard InChI is InChI=1S/C17H11FN4OS/c18-11-3-5-12(6-4-11)21-17(23)13-10-20-22-14(7-8-19-16(13)22)15-2-1-9-24-15/h1-10H,(H,21,23). The highest BCUT2D eigenvalue weighted by Gasteiger charge is 2.16. The minimum atomic E-state index is -0.355. The van der Waals surface area contributed by atoms with Gasteiger partial charge in [-0.05, 0) is 41.8 Å². The molecule has 0 radical (unpaired) electrons. The smallest absolute Gasteiger partial charge is 0.261 e. The highest BCUT2D eigenvalue weighted by molar-refractivity contribution is 7.13. The SMILES string of the molecule is O=C(Nc1ccc(F)cc1)c1cnn2c(-c3cccs3)ccnc12. The highest BCUT2D eigenvalue weighted by atomic mass is 32.1. The first-order chi connectivity index (χ1) is 11.7. The quantitative estimate of drug-likeness (QED) is 0.617. The number of benzene rings is 1. The number of amides is 1. The Balaban J connectivity index is 1.71. The van der Waals surface area contributed by atoms with Crippen molar-refractivity contribution >= 4 is 28.6 Å². The first-order valence-corrected chi connectivity index (χ1v) is 8.04. The van der Waals surface area contributed by atoms with Crippen molar-refractivity contribution in [3.8, 4) is 10.6 Å². The summed E-state index contributed by atoms with van der Waals surface area (Å²) in [5, 5.41) is 8.99. The molecule has 0 unspecified atom stereocenters. The van der Waals surface area contributed by atoms with E-state index in [0.717, 1.165) is 10.6 Å². The molecule has 3 aromatic heterocycles. The minimum Gasteiger partial charge on any atom is -0.322 e. The second kappa shape index (κ2) is 5.86. The van der Waals surface area contributed by atoms with Crippen LogP contribution in [0.1, 0.15) is 10.4 Å². The molecule has 5 nitrogen and oxygen atoms in total. The predicted octanol–water partition coefficient (Wildman–Crippen LogP) is 3.85. The third-order valence-electron chi connectivity index (χ3n) is 3.52. The molecule has 24 heavy (non-hydrogen) atoms. The summed E-state index contributed by atoms with van der Waals surface area (Å²) in [4.78, 5) is 17.8. The van der Waals surface area contributed by atoms with Crippen LogP contribution in [-0.2, 0) is 0 Å². The van der Waals surface area contributed by atoms with Gasteiger partial charge < -0.3 is 5.32 Å². The van der Waals surface area contributed by atoms with Gasteiger partial charge in [-0.25, -0.2) is 13.9 Å². The van der Waals surface area contributed by atoms with Gasteiger partial charge in [0.15, 0.2) is 5.65 Å². The van der Waals surface area contributed by atoms with E-state index in [1.54, 1.807) is 22.0 Å². The zero-order chi connectivity index (χ0) is 16.5. The fourth-order valence-electron chi connectivity index (χ4n) is 2.39. The molecule has 118 valence electrons. The molecule has 0 spiro atoms. The zero-order valence-electron chi connectivity index (χ0n) is 12.3. The summed E-state index contributed by atoms with van der Waals surface area (Å²) in [7, 11) is 0. The molecule has 1 N–H and O–H groups in total. The van der Waals surface area contributed by atoms with E-state index < -0.39 is 0 Å². The summed E-state index contributed by atoms with van der Waals surface area (Å²) in [5.74, 6) is -0.696. The van der Waals surface area contributed by atoms with Crippen molar-refractivity contribution in [3.63, 3.8) is 0 Å². The normalized spacial score (nSPS) is 10.9. The summed E-state index contributed by atoms with van der Waals surface area (Å²) < 4.78 is 14.6. The third-order valence-corrected chi connectivity index (χ3v) is 4.41. The van der Waals surface area contributed by atoms with E-state index in [0.29, 0.717) is 16.9 Å². The topological polar surface area (TPSA) is 59.3 Å². The van der Waals surface area contributed by atoms with Crippen LogP contribution in [-0.4, -0.2) is 20.5 Å². The Kier molecular flexibility index (Phi) is 3.55. The number of halogens is 1. The van der Waals surface area contributed by atoms with Gasteiger partial charge in [-0.3, -0.25) is 4.79 Å². The summed E-state index contributed by atoms with van der Waals surface area (Å²) in [5.41, 5.74) is 2.21. The molecule has 0 fully saturated rings. The van der Waals surface area contributed by atoms with Crippen molar-refractivity contribution in [3.05, 3.63) is 71.6 Å². The van der Waals surface area contributed by atoms with Gasteiger partial charge in [0.05, 0.1) is 16.8 Å². The van der Waals surface area contributed by atoms with Crippen LogP contribution in [0.5, 0.6) is 0 Å². The molecular formula is C17H11FN4OS. The maximum Gasteiger partial charge on any atom is 0.261 e. The molecule has 0 saturated carbocycles. The molecule has 1 aromatic carbocycles. The molecule has 0 saturated heterocycles. The molecule has 0 aliphatic carbocycles. The lowest BCUT2D eigenvalue weighted by molar-refractivity contribution is 0.102. The average molecular weight is 338 g/mol. The Morgan fingerprint density at radius 2 is 2.00 bits per heavy atom. The third kappa shape index (κ3) is 2.55. The molecule has 0 aliphatic heterocycles. The predicted molar refractivity (Wildman–Crippen MR) is 90.7 cm³/mol. The molecule has 0 bridgehead atoms. The summed E-state index contributed by atoms with van der Waals surface area (Å²) >= 11 is 1.59. The van der Waals surface area contributed by atoms with Gasteiger partial charge in [0.1, 0.15) is 11.4 Å². The van der Waals surface area contributed by atoms with Crippen LogP contribution in [0.25, 0.3) is 16.2 Å². The number of thiophene rings is 1. The second-order valence-electron chi connectivity index (χ2n) is 5.06. The van der Waals surface area contributed by atoms with Crippen molar-refractivity contribution in [1.29, 1.82) is 0 Å². The van der Waals surface area contributed by atoms with Crippen molar-refractivity contribution < 1.29 is 9.18 Å². The monoisotopic (exact) mass is 338 g/mol. The molecule has 3 heterocycles. The van der Waals surface area contributed by atoms with Gasteiger partial charge >= 0.3 is 0 Å². The molecular weight excluding hydrogens is 327 g/mol. The van der Waals surface area contributed by atoms with E-state index in [2.05, 4.69) is 15.4 Å². The van der Waals surface area contributed by atoms with Crippen LogP contribution < -0.4 is 5.32 Å². The number of hydrogen-bond donors (Lipinski definition) is 1. The lowest BCUT2D eigenvalue weighted by Crippen LogP contribution is -2.12. The first-order valence-electron chi connectivity index (χ1n) is 7.16. The first kappa shape index (κ1) is 14.5. The van der Waals surface area contributed by atoms with Crippen LogP contribution in [0.3, 0.4) is 0 Å². The van der Waals surface area contributed by atoms with Gasteiger partial charge in [0, 0.05) is 11.9 Å². The lowest BCUT2D eigenvalue weighted by atomic mass is 10.2. The number of rotatable bonds is 3. The molecule has 1 amide bonds. The Morgan fingerprint density at radius 1 is 1.17 bits per heavy atom. The number of nitrogens with one attached hydrogen (secondary N) is 1. The maximum absolute atomic E-state index is 12.9. The Bertz CT molecular complexity index is 1010. The molecule has 4 rings (SSSR count). The Labute approximate surface area is 140 Å². The van der Waals surface area contributed by atoms with Crippen LogP contribution in [0.4, 0.5) is 10.1 Å². The summed E-state index contributed by atoms with van der Waals surface area (Å²) in [6.45, 7) is 0. The number of aromatic nitrogens is 3. The van der Waals surface area contributed by atoms with E-state index >= 15 is 0 Å². The van der Waals surface area contributed by atoms with Crippen LogP contribution in [0.2, 0.25) is 0 Å². The number of anilines is 1. The number of carbonyl (C=O) groups excluding carboxylic acids is 1. The largest absolute Gasteiger partial charge is 0.322 e. The van der Waals surface area contributed by atoms with Crippen LogP contribution in [0, 0.1) is 5.82 Å². The molecule has 4 aromatic rings. The van der Waals surface area contributed by atoms with Crippen molar-refractivity contribution in [1.82, 2.24) is 14.6 Å². The zero-order valence-corrected chi connectivity index (χ0v) is 13.1. The van der Waals surface area contributed by atoms with Gasteiger partial charge in [0.2, 0.25) is 0 Å². The van der Waals surface area contributed by atoms with Gasteiger partial charge in [-0.2, -0.15) is 5.10 Å². The number of fused-ring (bicyclic) bond motifs is 1. The van der Waals surface area contributed by atoms with Gasteiger partial charge in [0.25, 0.3) is 5.91 Å². The number of hydrogen-bond acceptors (Lipinski definition) is 4. The summed E-state index contributed by atoms with van der Waals surface area (Å²) in [6.07, 6.45) is 3.14. The van der Waals surface area contributed by atoms with E-state index in [4.69, 9.17) is 0 Å². The fourth-order valence-corrected chi connectivity index (χ4v) is 3.13. The van der Waals surface area contributed by atoms with Crippen molar-refractivity contribution in [2.45, 2.75) is 0 Å². The van der Waals surface area contributed by atoms with Crippen LogP contribution >= 0.6 is 11.3 Å². The number of nitrogens with zero attached hydrogens (tertiary/aromatic N) is 3. The number of carbonyl (C=O) groups is 1. The minimum absolute atomic E-state index is 0.340. The summed E-state index contributed by atoms with van der Waals surface area (Å²) in [6, 6.07) is 11.4. The Morgan fingerprint density at radius 3 is 2.75 bits per heavy atom. The van der Waals surface area contributed by atoms with Gasteiger partial charge in [-0.15, -0.1) is 11.3 Å². The average Bonchev–Trinajstić information content (AvgIpc) is 3.26. The molecule has 0 atom stereocenters. The van der Waals surface area contributed by atoms with E-state index in [-0.39, 0.29) is 11.7 Å². The van der Waals surface area contributed by atoms with E-state index in [9.17, 15) is 9.18 Å². The Hall–Kier alpha value is -3.06. The van der Waals surface area contributed by atoms with E-state index in [1.165, 1.54) is 30.5 Å². The van der Waals surface area contributed by atoms with Crippen molar-refractivity contribution in [2.75, 3.05) is 5.32 Å². The van der Waals surface area contributed by atoms with E-state index in [1.807, 2.05) is 23.6 Å². The highest BCUT2D eigenvalue weighted by Crippen LogP contribution is 2.25. The second-order valence-corrected chi connectivity index (χ2v) is 6.01. The lowest BCUT2D eigenvalue weighted by Gasteiger charge is -2.04.